The van der Waals surface area contributed by atoms with Crippen LogP contribution in [0.5, 0.6) is 0 Å². The molecule has 0 atom stereocenters. The van der Waals surface area contributed by atoms with Crippen LogP contribution in [0.1, 0.15) is 26.5 Å². The Hall–Kier alpha value is -3.24. The van der Waals surface area contributed by atoms with Crippen LogP contribution >= 0.6 is 23.1 Å². The van der Waals surface area contributed by atoms with Gasteiger partial charge in [0, 0.05) is 5.39 Å². The molecule has 32 heavy (non-hydrogen) atoms. The molecule has 8 nitrogen and oxygen atoms in total. The van der Waals surface area contributed by atoms with Gasteiger partial charge in [-0.3, -0.25) is 9.20 Å². The topological polar surface area (TPSA) is 98.5 Å². The molecular weight excluding hydrogens is 446 g/mol. The van der Waals surface area contributed by atoms with Gasteiger partial charge in [0.15, 0.2) is 15.9 Å². The molecule has 4 rings (SSSR count). The molecule has 10 heteroatoms. The highest BCUT2D eigenvalue weighted by molar-refractivity contribution is 7.99. The van der Waals surface area contributed by atoms with Gasteiger partial charge in [-0.1, -0.05) is 54.0 Å². The fraction of sp³-hybridized carbons (Fsp3) is 0.227. The Labute approximate surface area is 192 Å². The number of hydrogen-bond acceptors (Lipinski definition) is 8. The van der Waals surface area contributed by atoms with Crippen molar-refractivity contribution >= 4 is 56.7 Å². The lowest BCUT2D eigenvalue weighted by Crippen LogP contribution is -2.14. The number of nitrogens with one attached hydrogen (secondary N) is 1. The molecule has 0 aliphatic rings. The van der Waals surface area contributed by atoms with Crippen LogP contribution < -0.4 is 5.32 Å². The maximum atomic E-state index is 12.5. The predicted octanol–water partition coefficient (Wildman–Crippen LogP) is 4.34. The number of thiazole rings is 1. The number of anilines is 1. The van der Waals surface area contributed by atoms with E-state index in [1.165, 1.54) is 17.8 Å². The van der Waals surface area contributed by atoms with Crippen LogP contribution in [0.2, 0.25) is 0 Å². The Morgan fingerprint density at radius 1 is 1.25 bits per heavy atom. The number of thioether (sulfide) groups is 1. The summed E-state index contributed by atoms with van der Waals surface area (Å²) in [5.74, 6) is -0.612. The molecule has 4 aromatic rings. The number of fused-ring (bicyclic) bond motifs is 3. The Kier molecular flexibility index (Phi) is 6.24. The number of aromatic nitrogens is 4. The lowest BCUT2D eigenvalue weighted by atomic mass is 10.1. The zero-order valence-electron chi connectivity index (χ0n) is 17.8. The number of pyridine rings is 1. The summed E-state index contributed by atoms with van der Waals surface area (Å²) in [6, 6.07) is 8.13. The molecule has 3 heterocycles. The Morgan fingerprint density at radius 2 is 2.06 bits per heavy atom. The zero-order chi connectivity index (χ0) is 22.8. The minimum Gasteiger partial charge on any atom is -0.457 e. The van der Waals surface area contributed by atoms with Crippen LogP contribution in [0.15, 0.2) is 42.1 Å². The predicted molar refractivity (Wildman–Crippen MR) is 127 cm³/mol. The van der Waals surface area contributed by atoms with E-state index in [1.807, 2.05) is 36.4 Å². The largest absolute Gasteiger partial charge is 0.457 e. The van der Waals surface area contributed by atoms with E-state index in [-0.39, 0.29) is 18.3 Å². The number of benzene rings is 1. The summed E-state index contributed by atoms with van der Waals surface area (Å²) in [5.41, 5.74) is 4.52. The molecule has 0 radical (unpaired) electrons. The molecule has 1 amide bonds. The van der Waals surface area contributed by atoms with Crippen molar-refractivity contribution < 1.29 is 14.3 Å². The van der Waals surface area contributed by atoms with Gasteiger partial charge < -0.3 is 10.1 Å². The second kappa shape index (κ2) is 9.09. The molecule has 1 aromatic carbocycles. The first-order valence-corrected chi connectivity index (χ1v) is 11.6. The number of amides is 1. The fourth-order valence-electron chi connectivity index (χ4n) is 3.35. The highest BCUT2D eigenvalue weighted by atomic mass is 32.2. The van der Waals surface area contributed by atoms with Crippen molar-refractivity contribution in [2.24, 2.45) is 0 Å². The van der Waals surface area contributed by atoms with Gasteiger partial charge in [0.05, 0.1) is 17.0 Å². The van der Waals surface area contributed by atoms with Gasteiger partial charge in [-0.05, 0) is 38.0 Å². The summed E-state index contributed by atoms with van der Waals surface area (Å²) in [7, 11) is 0. The average molecular weight is 468 g/mol. The van der Waals surface area contributed by atoms with Crippen LogP contribution in [-0.2, 0) is 9.53 Å². The van der Waals surface area contributed by atoms with Crippen LogP contribution in [-0.4, -0.2) is 43.8 Å². The van der Waals surface area contributed by atoms with Crippen LogP contribution in [0.25, 0.3) is 16.6 Å². The number of para-hydroxylation sites is 1. The van der Waals surface area contributed by atoms with Crippen molar-refractivity contribution in [3.63, 3.8) is 0 Å². The summed E-state index contributed by atoms with van der Waals surface area (Å²) < 4.78 is 7.03. The number of esters is 1. The molecule has 164 valence electrons. The van der Waals surface area contributed by atoms with Crippen molar-refractivity contribution in [2.45, 2.75) is 25.9 Å². The SMILES string of the molecule is C=CCOC(=O)c1sc(NC(=O)CSc2nnc3cc(C)c4cccc(C)c4n23)nc1C. The van der Waals surface area contributed by atoms with Gasteiger partial charge in [0.1, 0.15) is 11.5 Å². The van der Waals surface area contributed by atoms with Crippen molar-refractivity contribution in [2.75, 3.05) is 17.7 Å². The van der Waals surface area contributed by atoms with Gasteiger partial charge >= 0.3 is 5.97 Å². The Morgan fingerprint density at radius 3 is 2.84 bits per heavy atom. The van der Waals surface area contributed by atoms with E-state index in [2.05, 4.69) is 33.1 Å². The zero-order valence-corrected chi connectivity index (χ0v) is 19.5. The maximum Gasteiger partial charge on any atom is 0.350 e. The van der Waals surface area contributed by atoms with Gasteiger partial charge in [-0.15, -0.1) is 10.2 Å². The number of ether oxygens (including phenoxy) is 1. The lowest BCUT2D eigenvalue weighted by Gasteiger charge is -2.09. The summed E-state index contributed by atoms with van der Waals surface area (Å²) in [6.07, 6.45) is 1.49. The fourth-order valence-corrected chi connectivity index (χ4v) is 4.97. The number of rotatable bonds is 7. The molecule has 1 N–H and O–H groups in total. The van der Waals surface area contributed by atoms with E-state index >= 15 is 0 Å². The van der Waals surface area contributed by atoms with E-state index in [1.54, 1.807) is 6.92 Å². The van der Waals surface area contributed by atoms with Crippen molar-refractivity contribution in [1.82, 2.24) is 19.6 Å². The first-order valence-electron chi connectivity index (χ1n) is 9.81. The third-order valence-electron chi connectivity index (χ3n) is 4.78. The highest BCUT2D eigenvalue weighted by Gasteiger charge is 2.19. The minimum absolute atomic E-state index is 0.120. The molecule has 0 saturated heterocycles. The molecule has 0 aliphatic carbocycles. The molecule has 0 bridgehead atoms. The minimum atomic E-state index is -0.484. The van der Waals surface area contributed by atoms with Crippen molar-refractivity contribution in [1.29, 1.82) is 0 Å². The summed E-state index contributed by atoms with van der Waals surface area (Å²) in [4.78, 5) is 29.2. The van der Waals surface area contributed by atoms with Crippen LogP contribution in [0.4, 0.5) is 5.13 Å². The average Bonchev–Trinajstić information content (AvgIpc) is 3.33. The lowest BCUT2D eigenvalue weighted by molar-refractivity contribution is -0.113. The Balaban J connectivity index is 1.51. The number of aryl methyl sites for hydroxylation is 3. The first kappa shape index (κ1) is 22.0. The highest BCUT2D eigenvalue weighted by Crippen LogP contribution is 2.28. The number of nitrogens with zero attached hydrogens (tertiary/aromatic N) is 4. The quantitative estimate of drug-likeness (QED) is 0.245. The number of carbonyl (C=O) groups is 2. The number of hydrogen-bond donors (Lipinski definition) is 1. The van der Waals surface area contributed by atoms with E-state index in [9.17, 15) is 9.59 Å². The molecule has 3 aromatic heterocycles. The maximum absolute atomic E-state index is 12.5. The standard InChI is InChI=1S/C22H21N5O3S2/c1-5-9-30-20(29)19-14(4)23-21(32-19)24-17(28)11-31-22-26-25-16-10-13(3)15-8-6-7-12(2)18(15)27(16)22/h5-8,10H,1,9,11H2,2-4H3,(H,23,24,28). The van der Waals surface area contributed by atoms with Gasteiger partial charge in [-0.25, -0.2) is 9.78 Å². The second-order valence-corrected chi connectivity index (χ2v) is 9.07. The van der Waals surface area contributed by atoms with E-state index in [0.29, 0.717) is 20.9 Å². The molecule has 0 unspecified atom stereocenters. The van der Waals surface area contributed by atoms with Gasteiger partial charge in [0.25, 0.3) is 0 Å². The van der Waals surface area contributed by atoms with Gasteiger partial charge in [-0.2, -0.15) is 0 Å². The summed E-state index contributed by atoms with van der Waals surface area (Å²) in [6.45, 7) is 9.43. The van der Waals surface area contributed by atoms with E-state index in [4.69, 9.17) is 4.74 Å². The smallest absolute Gasteiger partial charge is 0.350 e. The van der Waals surface area contributed by atoms with Crippen molar-refractivity contribution in [3.8, 4) is 0 Å². The Bertz CT molecular complexity index is 1360. The monoisotopic (exact) mass is 467 g/mol. The molecular formula is C22H21N5O3S2. The third-order valence-corrected chi connectivity index (χ3v) is 6.77. The van der Waals surface area contributed by atoms with E-state index < -0.39 is 5.97 Å². The first-order chi connectivity index (χ1) is 15.4. The molecule has 0 spiro atoms. The van der Waals surface area contributed by atoms with Crippen LogP contribution in [0.3, 0.4) is 0 Å². The molecule has 0 saturated carbocycles. The molecule has 0 aliphatic heterocycles. The summed E-state index contributed by atoms with van der Waals surface area (Å²) in [5, 5.41) is 13.4. The molecule has 0 fully saturated rings. The summed E-state index contributed by atoms with van der Waals surface area (Å²) >= 11 is 2.38. The van der Waals surface area contributed by atoms with Crippen LogP contribution in [0, 0.1) is 20.8 Å². The van der Waals surface area contributed by atoms with E-state index in [0.717, 1.165) is 39.0 Å². The second-order valence-electron chi connectivity index (χ2n) is 7.13. The van der Waals surface area contributed by atoms with Gasteiger partial charge in [0.2, 0.25) is 5.91 Å². The third kappa shape index (κ3) is 4.23. The van der Waals surface area contributed by atoms with Crippen molar-refractivity contribution in [3.05, 3.63) is 58.6 Å². The normalized spacial score (nSPS) is 11.1. The number of carbonyl (C=O) groups excluding carboxylic acids is 2.